The smallest absolute Gasteiger partial charge is 0.264 e. The fraction of sp³-hybridized carbons (Fsp3) is 0.182. The Balaban J connectivity index is 2.07. The van der Waals surface area contributed by atoms with Gasteiger partial charge in [-0.3, -0.25) is 4.31 Å². The van der Waals surface area contributed by atoms with Crippen molar-refractivity contribution in [1.29, 1.82) is 0 Å². The minimum absolute atomic E-state index is 0.146. The molecule has 0 unspecified atom stereocenters. The van der Waals surface area contributed by atoms with E-state index in [-0.39, 0.29) is 11.4 Å². The predicted molar refractivity (Wildman–Crippen MR) is 112 cm³/mol. The molecular formula is C22H23NO5S. The molecule has 0 aliphatic heterocycles. The van der Waals surface area contributed by atoms with Gasteiger partial charge in [0.2, 0.25) is 0 Å². The van der Waals surface area contributed by atoms with E-state index in [4.69, 9.17) is 14.2 Å². The highest BCUT2D eigenvalue weighted by molar-refractivity contribution is 7.92. The van der Waals surface area contributed by atoms with Gasteiger partial charge in [0.15, 0.2) is 0 Å². The third kappa shape index (κ3) is 4.63. The summed E-state index contributed by atoms with van der Waals surface area (Å²) >= 11 is 0. The van der Waals surface area contributed by atoms with Crippen molar-refractivity contribution in [2.24, 2.45) is 0 Å². The molecule has 29 heavy (non-hydrogen) atoms. The molecular weight excluding hydrogens is 390 g/mol. The van der Waals surface area contributed by atoms with Crippen molar-refractivity contribution in [2.45, 2.75) is 11.4 Å². The summed E-state index contributed by atoms with van der Waals surface area (Å²) in [5.41, 5.74) is 1.32. The number of ether oxygens (including phenoxy) is 3. The van der Waals surface area contributed by atoms with E-state index >= 15 is 0 Å². The fourth-order valence-corrected chi connectivity index (χ4v) is 4.35. The number of anilines is 1. The molecule has 7 heteroatoms. The van der Waals surface area contributed by atoms with Crippen molar-refractivity contribution in [1.82, 2.24) is 0 Å². The summed E-state index contributed by atoms with van der Waals surface area (Å²) in [6, 6.07) is 20.7. The first-order valence-corrected chi connectivity index (χ1v) is 10.4. The van der Waals surface area contributed by atoms with Crippen molar-refractivity contribution in [3.05, 3.63) is 78.4 Å². The molecule has 6 nitrogen and oxygen atoms in total. The molecule has 3 aromatic carbocycles. The quantitative estimate of drug-likeness (QED) is 0.556. The van der Waals surface area contributed by atoms with E-state index in [2.05, 4.69) is 0 Å². The first kappa shape index (κ1) is 20.5. The lowest BCUT2D eigenvalue weighted by atomic mass is 10.2. The van der Waals surface area contributed by atoms with Crippen LogP contribution < -0.4 is 18.5 Å². The van der Waals surface area contributed by atoms with E-state index < -0.39 is 10.0 Å². The van der Waals surface area contributed by atoms with E-state index in [1.165, 1.54) is 17.5 Å². The van der Waals surface area contributed by atoms with Crippen LogP contribution in [0.1, 0.15) is 5.56 Å². The fourth-order valence-electron chi connectivity index (χ4n) is 2.87. The van der Waals surface area contributed by atoms with Crippen molar-refractivity contribution in [2.75, 3.05) is 25.6 Å². The molecule has 152 valence electrons. The third-order valence-electron chi connectivity index (χ3n) is 4.46. The van der Waals surface area contributed by atoms with Crippen molar-refractivity contribution >= 4 is 15.7 Å². The van der Waals surface area contributed by atoms with Crippen molar-refractivity contribution in [3.63, 3.8) is 0 Å². The average Bonchev–Trinajstić information content (AvgIpc) is 2.77. The number of hydrogen-bond acceptors (Lipinski definition) is 5. The summed E-state index contributed by atoms with van der Waals surface area (Å²) in [4.78, 5) is 0.146. The second-order valence-corrected chi connectivity index (χ2v) is 8.10. The number of rotatable bonds is 8. The molecule has 0 fully saturated rings. The van der Waals surface area contributed by atoms with Gasteiger partial charge >= 0.3 is 0 Å². The summed E-state index contributed by atoms with van der Waals surface area (Å²) in [7, 11) is 0.777. The number of benzene rings is 3. The van der Waals surface area contributed by atoms with E-state index in [0.29, 0.717) is 22.9 Å². The topological polar surface area (TPSA) is 65.1 Å². The van der Waals surface area contributed by atoms with Crippen molar-refractivity contribution < 1.29 is 22.6 Å². The Morgan fingerprint density at radius 3 is 1.93 bits per heavy atom. The molecule has 0 aliphatic carbocycles. The van der Waals surface area contributed by atoms with Crippen LogP contribution in [0.15, 0.2) is 77.7 Å². The van der Waals surface area contributed by atoms with Gasteiger partial charge in [-0.25, -0.2) is 8.42 Å². The van der Waals surface area contributed by atoms with Gasteiger partial charge in [0, 0.05) is 12.1 Å². The first-order valence-electron chi connectivity index (χ1n) is 8.91. The summed E-state index contributed by atoms with van der Waals surface area (Å²) in [5.74, 6) is 1.75. The zero-order valence-corrected chi connectivity index (χ0v) is 17.3. The molecule has 0 aliphatic rings. The predicted octanol–water partition coefficient (Wildman–Crippen LogP) is 4.11. The van der Waals surface area contributed by atoms with E-state index in [0.717, 1.165) is 5.56 Å². The Bertz CT molecular complexity index is 1060. The van der Waals surface area contributed by atoms with Gasteiger partial charge in [-0.2, -0.15) is 0 Å². The summed E-state index contributed by atoms with van der Waals surface area (Å²) in [6.45, 7) is 0.150. The molecule has 0 atom stereocenters. The second kappa shape index (κ2) is 8.87. The molecule has 0 radical (unpaired) electrons. The largest absolute Gasteiger partial charge is 0.497 e. The van der Waals surface area contributed by atoms with E-state index in [1.807, 2.05) is 12.1 Å². The molecule has 0 saturated heterocycles. The third-order valence-corrected chi connectivity index (χ3v) is 6.23. The normalized spacial score (nSPS) is 11.0. The highest BCUT2D eigenvalue weighted by Crippen LogP contribution is 2.30. The molecule has 0 bridgehead atoms. The molecule has 3 aromatic rings. The van der Waals surface area contributed by atoms with E-state index in [1.54, 1.807) is 68.8 Å². The molecule has 0 amide bonds. The SMILES string of the molecule is COc1ccc(CN(c2cccc(OC)c2)S(=O)(=O)c2cccc(OC)c2)cc1. The van der Waals surface area contributed by atoms with Crippen LogP contribution in [0, 0.1) is 0 Å². The Labute approximate surface area is 171 Å². The summed E-state index contributed by atoms with van der Waals surface area (Å²) in [6.07, 6.45) is 0. The van der Waals surface area contributed by atoms with E-state index in [9.17, 15) is 8.42 Å². The van der Waals surface area contributed by atoms with Crippen LogP contribution in [0.25, 0.3) is 0 Å². The molecule has 0 saturated carbocycles. The minimum atomic E-state index is -3.86. The van der Waals surface area contributed by atoms with Gasteiger partial charge in [-0.15, -0.1) is 0 Å². The Morgan fingerprint density at radius 2 is 1.31 bits per heavy atom. The molecule has 0 N–H and O–H groups in total. The van der Waals surface area contributed by atoms with Crippen LogP contribution in [-0.4, -0.2) is 29.7 Å². The van der Waals surface area contributed by atoms with Crippen LogP contribution in [0.3, 0.4) is 0 Å². The Kier molecular flexibility index (Phi) is 6.29. The van der Waals surface area contributed by atoms with Gasteiger partial charge in [-0.1, -0.05) is 24.3 Å². The number of methoxy groups -OCH3 is 3. The maximum Gasteiger partial charge on any atom is 0.264 e. The highest BCUT2D eigenvalue weighted by atomic mass is 32.2. The van der Waals surface area contributed by atoms with Gasteiger partial charge < -0.3 is 14.2 Å². The van der Waals surface area contributed by atoms with Gasteiger partial charge in [0.25, 0.3) is 10.0 Å². The molecule has 0 aromatic heterocycles. The molecule has 0 spiro atoms. The zero-order chi connectivity index (χ0) is 20.9. The van der Waals surface area contributed by atoms with Crippen LogP contribution in [0.4, 0.5) is 5.69 Å². The highest BCUT2D eigenvalue weighted by Gasteiger charge is 2.26. The van der Waals surface area contributed by atoms with Gasteiger partial charge in [-0.05, 0) is 42.0 Å². The lowest BCUT2D eigenvalue weighted by Crippen LogP contribution is -2.30. The van der Waals surface area contributed by atoms with Crippen LogP contribution in [0.2, 0.25) is 0 Å². The Morgan fingerprint density at radius 1 is 0.724 bits per heavy atom. The van der Waals surface area contributed by atoms with Crippen LogP contribution in [-0.2, 0) is 16.6 Å². The zero-order valence-electron chi connectivity index (χ0n) is 16.5. The minimum Gasteiger partial charge on any atom is -0.497 e. The van der Waals surface area contributed by atoms with Crippen LogP contribution >= 0.6 is 0 Å². The number of hydrogen-bond donors (Lipinski definition) is 0. The lowest BCUT2D eigenvalue weighted by Gasteiger charge is -2.25. The number of sulfonamides is 1. The maximum atomic E-state index is 13.5. The number of nitrogens with zero attached hydrogens (tertiary/aromatic N) is 1. The van der Waals surface area contributed by atoms with Gasteiger partial charge in [0.05, 0.1) is 38.5 Å². The standard InChI is InChI=1S/C22H23NO5S/c1-26-19-12-10-17(11-13-19)16-23(18-6-4-7-20(14-18)27-2)29(24,25)22-9-5-8-21(15-22)28-3/h4-15H,16H2,1-3H3. The maximum absolute atomic E-state index is 13.5. The second-order valence-electron chi connectivity index (χ2n) is 6.24. The molecule has 3 rings (SSSR count). The van der Waals surface area contributed by atoms with Crippen molar-refractivity contribution in [3.8, 4) is 17.2 Å². The summed E-state index contributed by atoms with van der Waals surface area (Å²) < 4.78 is 44.1. The van der Waals surface area contributed by atoms with Gasteiger partial charge in [0.1, 0.15) is 17.2 Å². The summed E-state index contributed by atoms with van der Waals surface area (Å²) in [5, 5.41) is 0. The molecule has 0 heterocycles. The van der Waals surface area contributed by atoms with Crippen LogP contribution in [0.5, 0.6) is 17.2 Å². The Hall–Kier alpha value is -3.19. The monoisotopic (exact) mass is 413 g/mol. The first-order chi connectivity index (χ1) is 14.0. The average molecular weight is 413 g/mol. The lowest BCUT2D eigenvalue weighted by molar-refractivity contribution is 0.413.